The number of carbonyl (C=O) groups excluding carboxylic acids is 1. The van der Waals surface area contributed by atoms with Gasteiger partial charge in [-0.1, -0.05) is 12.1 Å². The van der Waals surface area contributed by atoms with E-state index in [4.69, 9.17) is 0 Å². The average molecular weight is 394 g/mol. The van der Waals surface area contributed by atoms with E-state index < -0.39 is 11.2 Å². The molecule has 148 valence electrons. The van der Waals surface area contributed by atoms with Crippen molar-refractivity contribution in [2.24, 2.45) is 0 Å². The maximum Gasteiger partial charge on any atom is 0.330 e. The number of nitrogens with one attached hydrogen (secondary N) is 1. The fourth-order valence-corrected chi connectivity index (χ4v) is 3.63. The molecule has 0 unspecified atom stereocenters. The monoisotopic (exact) mass is 394 g/mol. The lowest BCUT2D eigenvalue weighted by atomic mass is 10.1. The molecule has 2 heterocycles. The molecule has 0 spiro atoms. The van der Waals surface area contributed by atoms with Crippen molar-refractivity contribution in [1.82, 2.24) is 19.4 Å². The molecule has 2 aliphatic carbocycles. The van der Waals surface area contributed by atoms with Gasteiger partial charge in [0.1, 0.15) is 11.5 Å². The fourth-order valence-electron chi connectivity index (χ4n) is 3.63. The summed E-state index contributed by atoms with van der Waals surface area (Å²) in [5, 5.41) is 0.236. The summed E-state index contributed by atoms with van der Waals surface area (Å²) in [6.07, 6.45) is 5.00. The summed E-state index contributed by atoms with van der Waals surface area (Å²) in [5.74, 6) is -0.549. The predicted molar refractivity (Wildman–Crippen MR) is 104 cm³/mol. The highest BCUT2D eigenvalue weighted by atomic mass is 19.1. The van der Waals surface area contributed by atoms with Crippen LogP contribution in [0.1, 0.15) is 47.6 Å². The van der Waals surface area contributed by atoms with Crippen molar-refractivity contribution in [2.45, 2.75) is 44.3 Å². The Labute approximate surface area is 164 Å². The molecule has 5 rings (SSSR count). The highest BCUT2D eigenvalue weighted by Gasteiger charge is 2.34. The van der Waals surface area contributed by atoms with Crippen LogP contribution in [-0.4, -0.2) is 31.4 Å². The van der Waals surface area contributed by atoms with E-state index >= 15 is 0 Å². The lowest BCUT2D eigenvalue weighted by molar-refractivity contribution is 0.0729. The van der Waals surface area contributed by atoms with E-state index in [1.54, 1.807) is 17.0 Å². The van der Waals surface area contributed by atoms with Crippen LogP contribution in [0, 0.1) is 5.82 Å². The van der Waals surface area contributed by atoms with Gasteiger partial charge in [-0.25, -0.2) is 14.2 Å². The molecule has 29 heavy (non-hydrogen) atoms. The Morgan fingerprint density at radius 1 is 1.17 bits per heavy atom. The second-order valence-corrected chi connectivity index (χ2v) is 7.75. The number of fused-ring (bicyclic) bond motifs is 1. The Balaban J connectivity index is 1.51. The molecule has 1 N–H and O–H groups in total. The normalized spacial score (nSPS) is 16.2. The summed E-state index contributed by atoms with van der Waals surface area (Å²) in [7, 11) is 0. The minimum atomic E-state index is -0.541. The number of hydrogen-bond donors (Lipinski definition) is 1. The zero-order chi connectivity index (χ0) is 20.1. The minimum absolute atomic E-state index is 0.0531. The Kier molecular flexibility index (Phi) is 4.08. The highest BCUT2D eigenvalue weighted by Crippen LogP contribution is 2.35. The third kappa shape index (κ3) is 3.35. The highest BCUT2D eigenvalue weighted by molar-refractivity contribution is 5.97. The Morgan fingerprint density at radius 3 is 2.55 bits per heavy atom. The first-order valence-electron chi connectivity index (χ1n) is 9.71. The molecule has 2 aromatic heterocycles. The van der Waals surface area contributed by atoms with Crippen LogP contribution in [0.25, 0.3) is 11.0 Å². The first-order chi connectivity index (χ1) is 14.0. The second-order valence-electron chi connectivity index (χ2n) is 7.75. The summed E-state index contributed by atoms with van der Waals surface area (Å²) in [6.45, 7) is 0.361. The number of aromatic nitrogens is 3. The number of pyridine rings is 1. The van der Waals surface area contributed by atoms with Gasteiger partial charge < -0.3 is 4.90 Å². The third-order valence-corrected chi connectivity index (χ3v) is 5.45. The summed E-state index contributed by atoms with van der Waals surface area (Å²) >= 11 is 0. The van der Waals surface area contributed by atoms with Gasteiger partial charge in [0.25, 0.3) is 11.5 Å². The van der Waals surface area contributed by atoms with Crippen LogP contribution in [0.4, 0.5) is 4.39 Å². The number of benzene rings is 1. The molecule has 0 bridgehead atoms. The molecular formula is C21H19FN4O3. The molecular weight excluding hydrogens is 375 g/mol. The smallest absolute Gasteiger partial charge is 0.330 e. The molecule has 2 saturated carbocycles. The molecule has 2 aliphatic rings. The van der Waals surface area contributed by atoms with Crippen molar-refractivity contribution in [1.29, 1.82) is 0 Å². The lowest BCUT2D eigenvalue weighted by Crippen LogP contribution is -2.33. The van der Waals surface area contributed by atoms with Crippen molar-refractivity contribution in [3.8, 4) is 0 Å². The molecule has 8 heteroatoms. The minimum Gasteiger partial charge on any atom is -0.331 e. The van der Waals surface area contributed by atoms with Gasteiger partial charge in [-0.05, 0) is 49.4 Å². The van der Waals surface area contributed by atoms with Crippen LogP contribution >= 0.6 is 0 Å². The number of H-pyrrole nitrogens is 1. The largest absolute Gasteiger partial charge is 0.331 e. The molecule has 1 aromatic carbocycles. The molecule has 1 amide bonds. The number of carbonyl (C=O) groups is 1. The zero-order valence-corrected chi connectivity index (χ0v) is 15.6. The van der Waals surface area contributed by atoms with Crippen molar-refractivity contribution in [3.05, 3.63) is 74.3 Å². The molecule has 2 fully saturated rings. The van der Waals surface area contributed by atoms with Gasteiger partial charge >= 0.3 is 5.69 Å². The number of amides is 1. The van der Waals surface area contributed by atoms with Gasteiger partial charge in [-0.15, -0.1) is 0 Å². The third-order valence-electron chi connectivity index (χ3n) is 5.45. The van der Waals surface area contributed by atoms with Crippen LogP contribution in [0.2, 0.25) is 0 Å². The Morgan fingerprint density at radius 2 is 1.90 bits per heavy atom. The van der Waals surface area contributed by atoms with E-state index in [1.165, 1.54) is 29.0 Å². The van der Waals surface area contributed by atoms with Gasteiger partial charge in [0, 0.05) is 24.8 Å². The second kappa shape index (κ2) is 6.65. The number of aromatic amines is 1. The molecule has 0 aliphatic heterocycles. The Hall–Kier alpha value is -3.29. The van der Waals surface area contributed by atoms with E-state index in [0.717, 1.165) is 31.2 Å². The van der Waals surface area contributed by atoms with Gasteiger partial charge in [0.2, 0.25) is 0 Å². The molecule has 3 aromatic rings. The van der Waals surface area contributed by atoms with Gasteiger partial charge in [-0.2, -0.15) is 0 Å². The molecule has 7 nitrogen and oxygen atoms in total. The van der Waals surface area contributed by atoms with E-state index in [2.05, 4.69) is 9.97 Å². The predicted octanol–water partition coefficient (Wildman–Crippen LogP) is 2.36. The van der Waals surface area contributed by atoms with Crippen molar-refractivity contribution in [3.63, 3.8) is 0 Å². The maximum absolute atomic E-state index is 13.2. The summed E-state index contributed by atoms with van der Waals surface area (Å²) in [6, 6.07) is 7.77. The molecule has 0 saturated heterocycles. The Bertz CT molecular complexity index is 1220. The zero-order valence-electron chi connectivity index (χ0n) is 15.6. The SMILES string of the molecule is O=C(c1cnc2c(c1)c(=O)[nH]c(=O)n2C1CC1)N(Cc1ccc(F)cc1)C1CC1. The maximum atomic E-state index is 13.2. The average Bonchev–Trinajstić information content (AvgIpc) is 3.61. The van der Waals surface area contributed by atoms with E-state index in [0.29, 0.717) is 17.8 Å². The number of halogens is 1. The van der Waals surface area contributed by atoms with Crippen molar-refractivity contribution in [2.75, 3.05) is 0 Å². The summed E-state index contributed by atoms with van der Waals surface area (Å²) < 4.78 is 14.7. The van der Waals surface area contributed by atoms with Crippen molar-refractivity contribution < 1.29 is 9.18 Å². The standard InChI is InChI=1S/C21H19FN4O3/c22-14-3-1-12(2-4-14)11-25(15-5-6-15)20(28)13-9-17-18(23-10-13)26(16-7-8-16)21(29)24-19(17)27/h1-4,9-10,15-16H,5-8,11H2,(H,24,27,29). The number of rotatable bonds is 5. The quantitative estimate of drug-likeness (QED) is 0.720. The number of nitrogens with zero attached hydrogens (tertiary/aromatic N) is 3. The van der Waals surface area contributed by atoms with Crippen LogP contribution in [0.5, 0.6) is 0 Å². The van der Waals surface area contributed by atoms with E-state index in [-0.39, 0.29) is 29.2 Å². The first-order valence-corrected chi connectivity index (χ1v) is 9.71. The first kappa shape index (κ1) is 17.8. The fraction of sp³-hybridized carbons (Fsp3) is 0.333. The summed E-state index contributed by atoms with van der Waals surface area (Å²) in [5.41, 5.74) is 0.446. The molecule has 0 radical (unpaired) electrons. The van der Waals surface area contributed by atoms with Gasteiger partial charge in [0.05, 0.1) is 10.9 Å². The summed E-state index contributed by atoms with van der Waals surface area (Å²) in [4.78, 5) is 46.1. The lowest BCUT2D eigenvalue weighted by Gasteiger charge is -2.23. The van der Waals surface area contributed by atoms with Gasteiger partial charge in [-0.3, -0.25) is 19.1 Å². The van der Waals surface area contributed by atoms with Crippen LogP contribution < -0.4 is 11.2 Å². The van der Waals surface area contributed by atoms with Gasteiger partial charge in [0.15, 0.2) is 0 Å². The van der Waals surface area contributed by atoms with E-state index in [1.807, 2.05) is 0 Å². The van der Waals surface area contributed by atoms with Crippen LogP contribution in [0.3, 0.4) is 0 Å². The van der Waals surface area contributed by atoms with Crippen LogP contribution in [0.15, 0.2) is 46.1 Å². The van der Waals surface area contributed by atoms with Crippen molar-refractivity contribution >= 4 is 16.9 Å². The topological polar surface area (TPSA) is 88.1 Å². The number of hydrogen-bond acceptors (Lipinski definition) is 4. The van der Waals surface area contributed by atoms with E-state index in [9.17, 15) is 18.8 Å². The molecule has 0 atom stereocenters. The van der Waals surface area contributed by atoms with Crippen LogP contribution in [-0.2, 0) is 6.54 Å².